The molecule has 2 aromatic carbocycles. The second kappa shape index (κ2) is 7.90. The number of nitrogens with zero attached hydrogens (tertiary/aromatic N) is 1. The van der Waals surface area contributed by atoms with Gasteiger partial charge in [0.25, 0.3) is 5.91 Å². The standard InChI is InChI=1S/C24H24F6N2OS/c1-15(32-24(33)18-6-9-20(10-7-18)34(26,27,28,29)30)16-2-4-17(5-3-16)21-12-13-31-23-11-8-19(25)14-22(21)23/h6-17H,2-5H2,1H3,(H,32,33). The number of fused-ring (bicyclic) bond motifs is 1. The van der Waals surface area contributed by atoms with E-state index < -0.39 is 21.0 Å². The first-order valence-electron chi connectivity index (χ1n) is 10.9. The Morgan fingerprint density at radius 2 is 1.62 bits per heavy atom. The Morgan fingerprint density at radius 1 is 0.971 bits per heavy atom. The van der Waals surface area contributed by atoms with E-state index in [0.717, 1.165) is 54.3 Å². The highest BCUT2D eigenvalue weighted by atomic mass is 32.5. The van der Waals surface area contributed by atoms with Crippen LogP contribution in [-0.4, -0.2) is 16.9 Å². The molecule has 1 amide bonds. The lowest BCUT2D eigenvalue weighted by Crippen LogP contribution is -2.39. The van der Waals surface area contributed by atoms with E-state index in [2.05, 4.69) is 10.3 Å². The van der Waals surface area contributed by atoms with Crippen molar-refractivity contribution in [2.45, 2.75) is 49.5 Å². The average molecular weight is 503 g/mol. The van der Waals surface area contributed by atoms with Gasteiger partial charge in [-0.1, -0.05) is 19.4 Å². The first-order chi connectivity index (χ1) is 15.7. The number of amides is 1. The highest BCUT2D eigenvalue weighted by Crippen LogP contribution is 3.02. The Bertz CT molecular complexity index is 1220. The van der Waals surface area contributed by atoms with Gasteiger partial charge in [-0.05, 0) is 98.5 Å². The lowest BCUT2D eigenvalue weighted by atomic mass is 9.75. The Balaban J connectivity index is 1.38. The second-order valence-electron chi connectivity index (χ2n) is 8.93. The molecule has 4 rings (SSSR count). The largest absolute Gasteiger partial charge is 0.349 e. The summed E-state index contributed by atoms with van der Waals surface area (Å²) in [6.45, 7) is 1.82. The second-order valence-corrected chi connectivity index (χ2v) is 11.3. The molecule has 3 nitrogen and oxygen atoms in total. The molecule has 0 saturated heterocycles. The minimum absolute atomic E-state index is 0.114. The molecule has 0 radical (unpaired) electrons. The molecule has 0 spiro atoms. The number of halogens is 6. The van der Waals surface area contributed by atoms with Crippen molar-refractivity contribution in [3.05, 3.63) is 71.7 Å². The van der Waals surface area contributed by atoms with Crippen molar-refractivity contribution in [3.63, 3.8) is 0 Å². The molecule has 1 aliphatic rings. The molecule has 1 aliphatic carbocycles. The van der Waals surface area contributed by atoms with E-state index in [1.165, 1.54) is 12.1 Å². The van der Waals surface area contributed by atoms with Gasteiger partial charge in [-0.25, -0.2) is 4.39 Å². The maximum absolute atomic E-state index is 13.8. The number of aromatic nitrogens is 1. The fraction of sp³-hybridized carbons (Fsp3) is 0.333. The summed E-state index contributed by atoms with van der Waals surface area (Å²) in [7, 11) is -9.77. The minimum Gasteiger partial charge on any atom is -0.349 e. The van der Waals surface area contributed by atoms with Crippen LogP contribution >= 0.6 is 10.2 Å². The van der Waals surface area contributed by atoms with Crippen LogP contribution in [0.15, 0.2) is 59.6 Å². The van der Waals surface area contributed by atoms with Gasteiger partial charge < -0.3 is 5.32 Å². The first kappa shape index (κ1) is 24.4. The minimum atomic E-state index is -9.77. The number of rotatable bonds is 5. The Morgan fingerprint density at radius 3 is 2.24 bits per heavy atom. The quantitative estimate of drug-likeness (QED) is 0.358. The van der Waals surface area contributed by atoms with E-state index in [1.54, 1.807) is 12.3 Å². The van der Waals surface area contributed by atoms with Crippen LogP contribution in [0.3, 0.4) is 0 Å². The third-order valence-electron chi connectivity index (χ3n) is 6.58. The number of hydrogen-bond donors (Lipinski definition) is 1. The molecule has 1 unspecified atom stereocenters. The summed E-state index contributed by atoms with van der Waals surface area (Å²) >= 11 is 0. The zero-order valence-electron chi connectivity index (χ0n) is 18.3. The Hall–Kier alpha value is -2.75. The van der Waals surface area contributed by atoms with E-state index in [0.29, 0.717) is 0 Å². The van der Waals surface area contributed by atoms with E-state index >= 15 is 0 Å². The number of pyridine rings is 1. The lowest BCUT2D eigenvalue weighted by molar-refractivity contribution is 0.0917. The fourth-order valence-corrected chi connectivity index (χ4v) is 5.35. The summed E-state index contributed by atoms with van der Waals surface area (Å²) in [5, 5.41) is 3.57. The molecule has 3 aromatic rings. The van der Waals surface area contributed by atoms with Gasteiger partial charge >= 0.3 is 10.2 Å². The zero-order valence-corrected chi connectivity index (χ0v) is 19.1. The molecule has 10 heteroatoms. The van der Waals surface area contributed by atoms with E-state index in [-0.39, 0.29) is 41.4 Å². The molecule has 1 atom stereocenters. The third-order valence-corrected chi connectivity index (χ3v) is 7.74. The predicted octanol–water partition coefficient (Wildman–Crippen LogP) is 8.12. The highest BCUT2D eigenvalue weighted by molar-refractivity contribution is 8.45. The highest BCUT2D eigenvalue weighted by Gasteiger charge is 2.65. The molecule has 184 valence electrons. The predicted molar refractivity (Wildman–Crippen MR) is 121 cm³/mol. The van der Waals surface area contributed by atoms with E-state index in [1.807, 2.05) is 13.0 Å². The van der Waals surface area contributed by atoms with Crippen LogP contribution in [0.1, 0.15) is 54.4 Å². The van der Waals surface area contributed by atoms with Gasteiger partial charge in [0.1, 0.15) is 10.7 Å². The van der Waals surface area contributed by atoms with Gasteiger partial charge in [-0.3, -0.25) is 9.78 Å². The number of hydrogen-bond acceptors (Lipinski definition) is 2. The van der Waals surface area contributed by atoms with E-state index in [9.17, 15) is 28.6 Å². The fourth-order valence-electron chi connectivity index (χ4n) is 4.70. The number of carbonyl (C=O) groups excluding carboxylic acids is 1. The van der Waals surface area contributed by atoms with Crippen LogP contribution < -0.4 is 5.32 Å². The van der Waals surface area contributed by atoms with Gasteiger partial charge in [0.15, 0.2) is 0 Å². The molecular weight excluding hydrogens is 478 g/mol. The maximum Gasteiger partial charge on any atom is 0.310 e. The van der Waals surface area contributed by atoms with Crippen molar-refractivity contribution >= 4 is 27.0 Å². The van der Waals surface area contributed by atoms with Crippen molar-refractivity contribution in [2.24, 2.45) is 5.92 Å². The van der Waals surface area contributed by atoms with E-state index in [4.69, 9.17) is 0 Å². The van der Waals surface area contributed by atoms with Crippen LogP contribution in [0.5, 0.6) is 0 Å². The summed E-state index contributed by atoms with van der Waals surface area (Å²) in [6, 6.07) is 8.20. The maximum atomic E-state index is 13.8. The summed E-state index contributed by atoms with van der Waals surface area (Å²) < 4.78 is 78.1. The zero-order chi connectivity index (χ0) is 24.8. The molecule has 1 aromatic heterocycles. The smallest absolute Gasteiger partial charge is 0.310 e. The normalized spacial score (nSPS) is 22.0. The van der Waals surface area contributed by atoms with Gasteiger partial charge in [-0.15, -0.1) is 0 Å². The monoisotopic (exact) mass is 502 g/mol. The van der Waals surface area contributed by atoms with Crippen molar-refractivity contribution in [1.82, 2.24) is 10.3 Å². The first-order valence-corrected chi connectivity index (χ1v) is 12.9. The lowest BCUT2D eigenvalue weighted by Gasteiger charge is -2.40. The average Bonchev–Trinajstić information content (AvgIpc) is 2.77. The number of carbonyl (C=O) groups is 1. The number of nitrogens with one attached hydrogen (secondary N) is 1. The molecule has 1 fully saturated rings. The topological polar surface area (TPSA) is 42.0 Å². The van der Waals surface area contributed by atoms with Crippen LogP contribution in [0.4, 0.5) is 23.8 Å². The van der Waals surface area contributed by atoms with Crippen LogP contribution in [0.25, 0.3) is 10.9 Å². The Kier molecular flexibility index (Phi) is 5.66. The van der Waals surface area contributed by atoms with Crippen LogP contribution in [-0.2, 0) is 0 Å². The van der Waals surface area contributed by atoms with Crippen molar-refractivity contribution in [3.8, 4) is 0 Å². The molecule has 1 heterocycles. The van der Waals surface area contributed by atoms with Crippen molar-refractivity contribution in [1.29, 1.82) is 0 Å². The van der Waals surface area contributed by atoms with Gasteiger partial charge in [0.05, 0.1) is 5.52 Å². The van der Waals surface area contributed by atoms with Crippen LogP contribution in [0, 0.1) is 11.7 Å². The van der Waals surface area contributed by atoms with Crippen molar-refractivity contribution < 1.29 is 28.6 Å². The Labute approximate surface area is 193 Å². The molecule has 0 aliphatic heterocycles. The summed E-state index contributed by atoms with van der Waals surface area (Å²) in [5.41, 5.74) is 1.66. The third kappa shape index (κ3) is 5.32. The molecular formula is C24H24F6N2OS. The molecule has 1 N–H and O–H groups in total. The summed E-state index contributed by atoms with van der Waals surface area (Å²) in [5.74, 6) is -0.556. The molecule has 1 saturated carbocycles. The van der Waals surface area contributed by atoms with Crippen LogP contribution in [0.2, 0.25) is 0 Å². The molecule has 0 bridgehead atoms. The number of benzene rings is 2. The van der Waals surface area contributed by atoms with Gasteiger partial charge in [-0.2, -0.15) is 0 Å². The van der Waals surface area contributed by atoms with Crippen molar-refractivity contribution in [2.75, 3.05) is 0 Å². The summed E-state index contributed by atoms with van der Waals surface area (Å²) in [4.78, 5) is 14.7. The SMILES string of the molecule is CC(NC(=O)c1ccc(S(F)(F)(F)(F)F)cc1)C1CCC(c2ccnc3ccc(F)cc23)CC1. The van der Waals surface area contributed by atoms with Gasteiger partial charge in [0.2, 0.25) is 0 Å². The van der Waals surface area contributed by atoms with Gasteiger partial charge in [0, 0.05) is 23.2 Å². The molecule has 34 heavy (non-hydrogen) atoms. The summed E-state index contributed by atoms with van der Waals surface area (Å²) in [6.07, 6.45) is 4.98.